The molecule has 1 fully saturated rings. The number of ether oxygens (including phenoxy) is 1. The van der Waals surface area contributed by atoms with Crippen LogP contribution < -0.4 is 10.6 Å². The number of rotatable bonds is 5. The zero-order valence-electron chi connectivity index (χ0n) is 13.5. The van der Waals surface area contributed by atoms with E-state index in [1.54, 1.807) is 29.1 Å². The number of aromatic nitrogens is 2. The van der Waals surface area contributed by atoms with E-state index >= 15 is 0 Å². The highest BCUT2D eigenvalue weighted by Gasteiger charge is 2.22. The zero-order valence-corrected chi connectivity index (χ0v) is 13.5. The second kappa shape index (κ2) is 7.44. The number of urea groups is 1. The number of hydrogen-bond donors (Lipinski definition) is 2. The molecule has 3 rings (SSSR count). The van der Waals surface area contributed by atoms with Gasteiger partial charge < -0.3 is 19.9 Å². The summed E-state index contributed by atoms with van der Waals surface area (Å²) >= 11 is 0. The predicted octanol–water partition coefficient (Wildman–Crippen LogP) is 1.98. The molecule has 0 aliphatic carbocycles. The van der Waals surface area contributed by atoms with E-state index in [2.05, 4.69) is 15.6 Å². The third-order valence-electron chi connectivity index (χ3n) is 4.15. The molecule has 1 aromatic carbocycles. The van der Waals surface area contributed by atoms with Gasteiger partial charge in [0.05, 0.1) is 6.61 Å². The van der Waals surface area contributed by atoms with E-state index in [-0.39, 0.29) is 11.8 Å². The van der Waals surface area contributed by atoms with Crippen molar-refractivity contribution in [3.8, 4) is 0 Å². The van der Waals surface area contributed by atoms with Gasteiger partial charge in [0.25, 0.3) is 0 Å². The lowest BCUT2D eigenvalue weighted by molar-refractivity contribution is 0.185. The van der Waals surface area contributed by atoms with E-state index in [4.69, 9.17) is 4.74 Å². The van der Waals surface area contributed by atoms with Gasteiger partial charge in [0.15, 0.2) is 0 Å². The number of aryl methyl sites for hydroxylation is 1. The Bertz CT molecular complexity index is 697. The molecule has 2 aromatic rings. The van der Waals surface area contributed by atoms with Gasteiger partial charge in [-0.15, -0.1) is 0 Å². The van der Waals surface area contributed by atoms with Gasteiger partial charge in [0.2, 0.25) is 0 Å². The maximum absolute atomic E-state index is 13.6. The van der Waals surface area contributed by atoms with Crippen molar-refractivity contribution in [3.63, 3.8) is 0 Å². The molecule has 7 heteroatoms. The number of hydrogen-bond acceptors (Lipinski definition) is 3. The van der Waals surface area contributed by atoms with Gasteiger partial charge in [-0.1, -0.05) is 12.1 Å². The van der Waals surface area contributed by atoms with Gasteiger partial charge in [-0.25, -0.2) is 14.2 Å². The molecule has 0 radical (unpaired) electrons. The fourth-order valence-electron chi connectivity index (χ4n) is 2.80. The van der Waals surface area contributed by atoms with Gasteiger partial charge in [-0.05, 0) is 24.1 Å². The van der Waals surface area contributed by atoms with Crippen molar-refractivity contribution in [1.29, 1.82) is 0 Å². The quantitative estimate of drug-likeness (QED) is 0.880. The standard InChI is InChI=1S/C17H21FN4O2/c1-22-7-6-19-16(22)15(13-3-2-4-14(18)9-13)21-17(23)20-10-12-5-8-24-11-12/h2-4,6-7,9,12,15H,5,8,10-11H2,1H3,(H2,20,21,23)/t12-,15+/m1/s1. The van der Waals surface area contributed by atoms with Gasteiger partial charge >= 0.3 is 6.03 Å². The zero-order chi connectivity index (χ0) is 16.9. The normalized spacial score (nSPS) is 18.3. The lowest BCUT2D eigenvalue weighted by atomic mass is 10.1. The number of nitrogens with one attached hydrogen (secondary N) is 2. The van der Waals surface area contributed by atoms with Crippen LogP contribution in [-0.4, -0.2) is 35.3 Å². The summed E-state index contributed by atoms with van der Waals surface area (Å²) in [4.78, 5) is 16.6. The van der Waals surface area contributed by atoms with Crippen LogP contribution in [0.1, 0.15) is 23.9 Å². The third kappa shape index (κ3) is 3.91. The summed E-state index contributed by atoms with van der Waals surface area (Å²) in [6.45, 7) is 1.97. The highest BCUT2D eigenvalue weighted by molar-refractivity contribution is 5.74. The Morgan fingerprint density at radius 3 is 3.08 bits per heavy atom. The average Bonchev–Trinajstić information content (AvgIpc) is 3.22. The van der Waals surface area contributed by atoms with Crippen molar-refractivity contribution in [1.82, 2.24) is 20.2 Å². The number of amides is 2. The molecule has 2 N–H and O–H groups in total. The molecule has 2 atom stereocenters. The van der Waals surface area contributed by atoms with Crippen molar-refractivity contribution >= 4 is 6.03 Å². The molecule has 1 aliphatic heterocycles. The maximum Gasteiger partial charge on any atom is 0.315 e. The predicted molar refractivity (Wildman–Crippen MR) is 86.9 cm³/mol. The van der Waals surface area contributed by atoms with E-state index in [1.165, 1.54) is 12.1 Å². The van der Waals surface area contributed by atoms with Crippen LogP contribution in [0.25, 0.3) is 0 Å². The van der Waals surface area contributed by atoms with Gasteiger partial charge in [0, 0.05) is 38.5 Å². The molecule has 128 valence electrons. The Kier molecular flexibility index (Phi) is 5.10. The van der Waals surface area contributed by atoms with E-state index in [0.717, 1.165) is 13.0 Å². The number of imidazole rings is 1. The topological polar surface area (TPSA) is 68.2 Å². The Morgan fingerprint density at radius 2 is 2.42 bits per heavy atom. The molecular formula is C17H21FN4O2. The van der Waals surface area contributed by atoms with Crippen molar-refractivity contribution in [3.05, 3.63) is 53.9 Å². The van der Waals surface area contributed by atoms with Gasteiger partial charge in [-0.3, -0.25) is 0 Å². The minimum Gasteiger partial charge on any atom is -0.381 e. The van der Waals surface area contributed by atoms with Gasteiger partial charge in [-0.2, -0.15) is 0 Å². The van der Waals surface area contributed by atoms with Crippen LogP contribution in [0.3, 0.4) is 0 Å². The van der Waals surface area contributed by atoms with Crippen LogP contribution in [0.2, 0.25) is 0 Å². The van der Waals surface area contributed by atoms with Gasteiger partial charge in [0.1, 0.15) is 17.7 Å². The molecule has 0 spiro atoms. The highest BCUT2D eigenvalue weighted by Crippen LogP contribution is 2.21. The highest BCUT2D eigenvalue weighted by atomic mass is 19.1. The van der Waals surface area contributed by atoms with Crippen LogP contribution in [0.5, 0.6) is 0 Å². The van der Waals surface area contributed by atoms with E-state index in [0.29, 0.717) is 30.5 Å². The number of carbonyl (C=O) groups excluding carboxylic acids is 1. The molecule has 0 bridgehead atoms. The number of benzene rings is 1. The van der Waals surface area contributed by atoms with E-state index in [1.807, 2.05) is 7.05 Å². The van der Waals surface area contributed by atoms with Crippen LogP contribution in [-0.2, 0) is 11.8 Å². The molecule has 24 heavy (non-hydrogen) atoms. The molecular weight excluding hydrogens is 311 g/mol. The Hall–Kier alpha value is -2.41. The van der Waals surface area contributed by atoms with Crippen molar-refractivity contribution in [2.75, 3.05) is 19.8 Å². The minimum atomic E-state index is -0.527. The first kappa shape index (κ1) is 16.4. The van der Waals surface area contributed by atoms with Crippen molar-refractivity contribution < 1.29 is 13.9 Å². The Balaban J connectivity index is 1.72. The van der Waals surface area contributed by atoms with Crippen LogP contribution in [0, 0.1) is 11.7 Å². The molecule has 1 saturated heterocycles. The van der Waals surface area contributed by atoms with Crippen molar-refractivity contribution in [2.45, 2.75) is 12.5 Å². The second-order valence-electron chi connectivity index (χ2n) is 5.97. The molecule has 0 unspecified atom stereocenters. The summed E-state index contributed by atoms with van der Waals surface area (Å²) in [6, 6.07) is 5.34. The van der Waals surface area contributed by atoms with Crippen LogP contribution in [0.15, 0.2) is 36.7 Å². The number of nitrogens with zero attached hydrogens (tertiary/aromatic N) is 2. The SMILES string of the molecule is Cn1ccnc1[C@@H](NC(=O)NC[C@H]1CCOC1)c1cccc(F)c1. The average molecular weight is 332 g/mol. The van der Waals surface area contributed by atoms with Crippen LogP contribution in [0.4, 0.5) is 9.18 Å². The molecule has 0 saturated carbocycles. The molecule has 1 aromatic heterocycles. The summed E-state index contributed by atoms with van der Waals surface area (Å²) in [7, 11) is 1.84. The molecule has 6 nitrogen and oxygen atoms in total. The number of halogens is 1. The monoisotopic (exact) mass is 332 g/mol. The first-order valence-corrected chi connectivity index (χ1v) is 7.98. The Labute approximate surface area is 140 Å². The fraction of sp³-hybridized carbons (Fsp3) is 0.412. The molecule has 2 heterocycles. The van der Waals surface area contributed by atoms with E-state index in [9.17, 15) is 9.18 Å². The molecule has 2 amide bonds. The number of carbonyl (C=O) groups is 1. The van der Waals surface area contributed by atoms with E-state index < -0.39 is 6.04 Å². The van der Waals surface area contributed by atoms with Crippen molar-refractivity contribution in [2.24, 2.45) is 13.0 Å². The fourth-order valence-corrected chi connectivity index (χ4v) is 2.80. The summed E-state index contributed by atoms with van der Waals surface area (Å²) in [5, 5.41) is 5.75. The summed E-state index contributed by atoms with van der Waals surface area (Å²) in [6.07, 6.45) is 4.39. The molecule has 1 aliphatic rings. The largest absolute Gasteiger partial charge is 0.381 e. The van der Waals surface area contributed by atoms with Crippen LogP contribution >= 0.6 is 0 Å². The second-order valence-corrected chi connectivity index (χ2v) is 5.97. The smallest absolute Gasteiger partial charge is 0.315 e. The Morgan fingerprint density at radius 1 is 1.54 bits per heavy atom. The lowest BCUT2D eigenvalue weighted by Crippen LogP contribution is -2.41. The summed E-state index contributed by atoms with van der Waals surface area (Å²) in [5.41, 5.74) is 0.642. The lowest BCUT2D eigenvalue weighted by Gasteiger charge is -2.20. The summed E-state index contributed by atoms with van der Waals surface area (Å²) < 4.78 is 20.7. The first-order valence-electron chi connectivity index (χ1n) is 7.98. The third-order valence-corrected chi connectivity index (χ3v) is 4.15. The summed E-state index contributed by atoms with van der Waals surface area (Å²) in [5.74, 6) is 0.633. The maximum atomic E-state index is 13.6. The first-order chi connectivity index (χ1) is 11.6. The minimum absolute atomic E-state index is 0.306.